The van der Waals surface area contributed by atoms with Gasteiger partial charge in [0.25, 0.3) is 0 Å². The number of hydrogen-bond donors (Lipinski definition) is 1. The lowest BCUT2D eigenvalue weighted by Gasteiger charge is -2.21. The summed E-state index contributed by atoms with van der Waals surface area (Å²) in [4.78, 5) is 0. The van der Waals surface area contributed by atoms with Crippen molar-refractivity contribution in [1.82, 2.24) is 5.32 Å². The fourth-order valence-electron chi connectivity index (χ4n) is 2.79. The van der Waals surface area contributed by atoms with Gasteiger partial charge in [0.1, 0.15) is 5.82 Å². The predicted molar refractivity (Wildman–Crippen MR) is 74.1 cm³/mol. The molecule has 1 nitrogen and oxygen atoms in total. The number of hydrogen-bond acceptors (Lipinski definition) is 1. The van der Waals surface area contributed by atoms with Crippen LogP contribution in [0, 0.1) is 11.7 Å². The molecule has 100 valence electrons. The van der Waals surface area contributed by atoms with E-state index in [-0.39, 0.29) is 5.82 Å². The highest BCUT2D eigenvalue weighted by Crippen LogP contribution is 2.33. The van der Waals surface area contributed by atoms with Crippen molar-refractivity contribution in [2.75, 3.05) is 0 Å². The number of halogens is 1. The van der Waals surface area contributed by atoms with E-state index in [2.05, 4.69) is 32.2 Å². The van der Waals surface area contributed by atoms with Gasteiger partial charge in [-0.25, -0.2) is 4.39 Å². The molecule has 0 bridgehead atoms. The van der Waals surface area contributed by atoms with Crippen LogP contribution in [0.3, 0.4) is 0 Å². The Hall–Kier alpha value is -0.890. The van der Waals surface area contributed by atoms with Crippen LogP contribution in [0.1, 0.15) is 57.2 Å². The summed E-state index contributed by atoms with van der Waals surface area (Å²) in [5.74, 6) is 0.717. The van der Waals surface area contributed by atoms with E-state index in [1.165, 1.54) is 18.4 Å². The molecule has 18 heavy (non-hydrogen) atoms. The zero-order valence-electron chi connectivity index (χ0n) is 11.7. The van der Waals surface area contributed by atoms with Gasteiger partial charge in [0.05, 0.1) is 0 Å². The smallest absolute Gasteiger partial charge is 0.126 e. The van der Waals surface area contributed by atoms with Gasteiger partial charge in [-0.05, 0) is 55.7 Å². The van der Waals surface area contributed by atoms with Crippen LogP contribution in [0.25, 0.3) is 0 Å². The molecule has 1 aliphatic rings. The molecule has 0 radical (unpaired) electrons. The van der Waals surface area contributed by atoms with Gasteiger partial charge in [0.15, 0.2) is 0 Å². The molecule has 1 aromatic carbocycles. The summed E-state index contributed by atoms with van der Waals surface area (Å²) in [5.41, 5.74) is 2.09. The maximum absolute atomic E-state index is 13.6. The number of rotatable bonds is 5. The van der Waals surface area contributed by atoms with Gasteiger partial charge in [-0.3, -0.25) is 0 Å². The maximum atomic E-state index is 13.6. The van der Waals surface area contributed by atoms with Crippen molar-refractivity contribution >= 4 is 0 Å². The highest BCUT2D eigenvalue weighted by atomic mass is 19.1. The highest BCUT2D eigenvalue weighted by Gasteiger charge is 2.25. The summed E-state index contributed by atoms with van der Waals surface area (Å²) >= 11 is 0. The third-order valence-electron chi connectivity index (χ3n) is 3.88. The van der Waals surface area contributed by atoms with E-state index in [0.29, 0.717) is 12.1 Å². The third kappa shape index (κ3) is 3.11. The third-order valence-corrected chi connectivity index (χ3v) is 3.88. The highest BCUT2D eigenvalue weighted by molar-refractivity contribution is 5.35. The van der Waals surface area contributed by atoms with Crippen molar-refractivity contribution in [1.29, 1.82) is 0 Å². The molecule has 2 heteroatoms. The number of fused-ring (bicyclic) bond motifs is 1. The summed E-state index contributed by atoms with van der Waals surface area (Å²) in [6.07, 6.45) is 4.34. The van der Waals surface area contributed by atoms with Crippen LogP contribution in [0.5, 0.6) is 0 Å². The van der Waals surface area contributed by atoms with E-state index in [1.54, 1.807) is 6.07 Å². The van der Waals surface area contributed by atoms with Crippen molar-refractivity contribution in [3.8, 4) is 0 Å². The largest absolute Gasteiger partial charge is 0.307 e. The molecular formula is C16H24FN. The summed E-state index contributed by atoms with van der Waals surface area (Å²) in [5, 5.41) is 3.65. The summed E-state index contributed by atoms with van der Waals surface area (Å²) < 4.78 is 13.6. The Bertz CT molecular complexity index is 400. The molecule has 0 aliphatic heterocycles. The average molecular weight is 249 g/mol. The fraction of sp³-hybridized carbons (Fsp3) is 0.625. The van der Waals surface area contributed by atoms with Crippen LogP contribution in [0.15, 0.2) is 18.2 Å². The molecule has 0 saturated heterocycles. The Morgan fingerprint density at radius 1 is 1.28 bits per heavy atom. The number of benzene rings is 1. The lowest BCUT2D eigenvalue weighted by Crippen LogP contribution is -2.29. The second-order valence-electron chi connectivity index (χ2n) is 5.94. The van der Waals surface area contributed by atoms with Crippen LogP contribution < -0.4 is 5.32 Å². The molecule has 0 aromatic heterocycles. The Balaban J connectivity index is 1.95. The first-order valence-electron chi connectivity index (χ1n) is 7.11. The minimum Gasteiger partial charge on any atom is -0.307 e. The molecule has 1 aromatic rings. The lowest BCUT2D eigenvalue weighted by molar-refractivity contribution is 0.403. The molecule has 1 N–H and O–H groups in total. The van der Waals surface area contributed by atoms with Crippen molar-refractivity contribution < 1.29 is 4.39 Å². The monoisotopic (exact) mass is 249 g/mol. The first kappa shape index (κ1) is 13.5. The SMILES string of the molecule is CC(C)CCC(C)NC1CCc2c(F)cccc21. The summed E-state index contributed by atoms with van der Waals surface area (Å²) in [7, 11) is 0. The minimum absolute atomic E-state index is 0.0355. The van der Waals surface area contributed by atoms with Crippen molar-refractivity contribution in [3.05, 3.63) is 35.1 Å². The van der Waals surface area contributed by atoms with Crippen molar-refractivity contribution in [2.45, 2.75) is 58.5 Å². The van der Waals surface area contributed by atoms with Crippen molar-refractivity contribution in [2.24, 2.45) is 5.92 Å². The molecule has 1 aliphatic carbocycles. The first-order valence-corrected chi connectivity index (χ1v) is 7.11. The Morgan fingerprint density at radius 2 is 2.06 bits per heavy atom. The molecule has 0 fully saturated rings. The van der Waals surface area contributed by atoms with Crippen LogP contribution >= 0.6 is 0 Å². The average Bonchev–Trinajstić information content (AvgIpc) is 2.72. The Morgan fingerprint density at radius 3 is 2.78 bits per heavy atom. The van der Waals surface area contributed by atoms with E-state index < -0.39 is 0 Å². The minimum atomic E-state index is -0.0355. The van der Waals surface area contributed by atoms with Crippen molar-refractivity contribution in [3.63, 3.8) is 0 Å². The van der Waals surface area contributed by atoms with Gasteiger partial charge in [-0.1, -0.05) is 26.0 Å². The molecule has 2 atom stereocenters. The second kappa shape index (κ2) is 5.83. The molecule has 0 amide bonds. The van der Waals surface area contributed by atoms with Gasteiger partial charge in [0, 0.05) is 12.1 Å². The second-order valence-corrected chi connectivity index (χ2v) is 5.94. The van der Waals surface area contributed by atoms with Crippen LogP contribution in [0.4, 0.5) is 4.39 Å². The topological polar surface area (TPSA) is 12.0 Å². The summed E-state index contributed by atoms with van der Waals surface area (Å²) in [6.45, 7) is 6.75. The molecule has 0 saturated carbocycles. The van der Waals surface area contributed by atoms with Gasteiger partial charge in [-0.2, -0.15) is 0 Å². The normalized spacial score (nSPS) is 20.2. The van der Waals surface area contributed by atoms with E-state index in [4.69, 9.17) is 0 Å². The van der Waals surface area contributed by atoms with Crippen LogP contribution in [-0.2, 0) is 6.42 Å². The molecule has 2 rings (SSSR count). The van der Waals surface area contributed by atoms with Crippen LogP contribution in [-0.4, -0.2) is 6.04 Å². The standard InChI is InChI=1S/C16H24FN/c1-11(2)7-8-12(3)18-16-10-9-13-14(16)5-4-6-15(13)17/h4-6,11-12,16,18H,7-10H2,1-3H3. The quantitative estimate of drug-likeness (QED) is 0.823. The van der Waals surface area contributed by atoms with E-state index >= 15 is 0 Å². The Labute approximate surface area is 110 Å². The van der Waals surface area contributed by atoms with Crippen LogP contribution in [0.2, 0.25) is 0 Å². The van der Waals surface area contributed by atoms with Gasteiger partial charge >= 0.3 is 0 Å². The molecule has 0 heterocycles. The van der Waals surface area contributed by atoms with E-state index in [0.717, 1.165) is 24.3 Å². The zero-order valence-corrected chi connectivity index (χ0v) is 11.7. The first-order chi connectivity index (χ1) is 8.58. The zero-order chi connectivity index (χ0) is 13.1. The number of nitrogens with one attached hydrogen (secondary N) is 1. The van der Waals surface area contributed by atoms with E-state index in [9.17, 15) is 4.39 Å². The maximum Gasteiger partial charge on any atom is 0.126 e. The predicted octanol–water partition coefficient (Wildman–Crippen LogP) is 4.23. The Kier molecular flexibility index (Phi) is 4.39. The molecule has 2 unspecified atom stereocenters. The van der Waals surface area contributed by atoms with Gasteiger partial charge in [-0.15, -0.1) is 0 Å². The summed E-state index contributed by atoms with van der Waals surface area (Å²) in [6, 6.07) is 6.32. The van der Waals surface area contributed by atoms with E-state index in [1.807, 2.05) is 6.07 Å². The lowest BCUT2D eigenvalue weighted by atomic mass is 10.0. The molecule has 0 spiro atoms. The fourth-order valence-corrected chi connectivity index (χ4v) is 2.79. The molecular weight excluding hydrogens is 225 g/mol. The van der Waals surface area contributed by atoms with Gasteiger partial charge < -0.3 is 5.32 Å². The van der Waals surface area contributed by atoms with Gasteiger partial charge in [0.2, 0.25) is 0 Å².